The number of aryl methyl sites for hydroxylation is 1. The van der Waals surface area contributed by atoms with Gasteiger partial charge in [-0.2, -0.15) is 0 Å². The van der Waals surface area contributed by atoms with Gasteiger partial charge in [0.05, 0.1) is 0 Å². The first kappa shape index (κ1) is 20.7. The highest BCUT2D eigenvalue weighted by atomic mass is 35.5. The van der Waals surface area contributed by atoms with Crippen LogP contribution in [0.2, 0.25) is 5.02 Å². The van der Waals surface area contributed by atoms with Crippen molar-refractivity contribution < 1.29 is 19.1 Å². The van der Waals surface area contributed by atoms with E-state index in [1.165, 1.54) is 0 Å². The lowest BCUT2D eigenvalue weighted by Gasteiger charge is -2.10. The van der Waals surface area contributed by atoms with E-state index < -0.39 is 5.97 Å². The molecule has 150 valence electrons. The molecule has 0 amide bonds. The third kappa shape index (κ3) is 5.48. The number of nitrogens with zero attached hydrogens (tertiary/aromatic N) is 1. The van der Waals surface area contributed by atoms with Gasteiger partial charge in [0.1, 0.15) is 5.75 Å². The van der Waals surface area contributed by atoms with Gasteiger partial charge in [-0.3, -0.25) is 4.79 Å². The van der Waals surface area contributed by atoms with Gasteiger partial charge in [-0.25, -0.2) is 4.79 Å². The number of halogens is 1. The molecule has 0 aliphatic rings. The number of ketones is 1. The summed E-state index contributed by atoms with van der Waals surface area (Å²) in [4.78, 5) is 24.4. The topological polar surface area (TPSA) is 57.5 Å². The number of rotatable bonds is 8. The van der Waals surface area contributed by atoms with E-state index in [0.29, 0.717) is 22.9 Å². The van der Waals surface area contributed by atoms with Crippen LogP contribution in [-0.4, -0.2) is 29.5 Å². The molecule has 0 radical (unpaired) electrons. The lowest BCUT2D eigenvalue weighted by molar-refractivity contribution is -0.144. The van der Waals surface area contributed by atoms with Gasteiger partial charge in [-0.05, 0) is 49.7 Å². The third-order valence-electron chi connectivity index (χ3n) is 4.59. The molecule has 1 aromatic heterocycles. The van der Waals surface area contributed by atoms with Crippen LogP contribution in [0.15, 0.2) is 60.7 Å². The Bertz CT molecular complexity index is 994. The van der Waals surface area contributed by atoms with Crippen LogP contribution < -0.4 is 4.74 Å². The van der Waals surface area contributed by atoms with Crippen molar-refractivity contribution in [2.45, 2.75) is 20.4 Å². The van der Waals surface area contributed by atoms with Gasteiger partial charge in [-0.15, -0.1) is 0 Å². The molecular weight excluding hydrogens is 390 g/mol. The number of esters is 1. The quantitative estimate of drug-likeness (QED) is 0.401. The molecule has 0 atom stereocenters. The molecule has 0 aliphatic carbocycles. The molecule has 0 spiro atoms. The zero-order valence-electron chi connectivity index (χ0n) is 16.4. The van der Waals surface area contributed by atoms with E-state index in [2.05, 4.69) is 4.57 Å². The standard InChI is InChI=1S/C23H22ClNO4/c1-16-12-21(17(2)25(16)13-18-6-4-3-5-7-18)22(26)14-29-23(27)15-28-20-10-8-19(24)9-11-20/h3-12H,13-15H2,1-2H3. The molecule has 0 saturated heterocycles. The molecule has 5 nitrogen and oxygen atoms in total. The Morgan fingerprint density at radius 1 is 0.966 bits per heavy atom. The van der Waals surface area contributed by atoms with Crippen molar-refractivity contribution in [1.29, 1.82) is 0 Å². The maximum atomic E-state index is 12.6. The minimum atomic E-state index is -0.605. The highest BCUT2D eigenvalue weighted by Gasteiger charge is 2.17. The Morgan fingerprint density at radius 3 is 2.34 bits per heavy atom. The number of Topliss-reactive ketones (excluding diaryl/α,β-unsaturated/α-hetero) is 1. The van der Waals surface area contributed by atoms with E-state index in [9.17, 15) is 9.59 Å². The Kier molecular flexibility index (Phi) is 6.73. The molecular formula is C23H22ClNO4. The normalized spacial score (nSPS) is 10.6. The van der Waals surface area contributed by atoms with Gasteiger partial charge in [0.2, 0.25) is 5.78 Å². The third-order valence-corrected chi connectivity index (χ3v) is 4.84. The van der Waals surface area contributed by atoms with Crippen molar-refractivity contribution in [2.24, 2.45) is 0 Å². The first-order chi connectivity index (χ1) is 13.9. The molecule has 0 N–H and O–H groups in total. The Morgan fingerprint density at radius 2 is 1.66 bits per heavy atom. The second-order valence-corrected chi connectivity index (χ2v) is 7.12. The predicted octanol–water partition coefficient (Wildman–Crippen LogP) is 4.61. The van der Waals surface area contributed by atoms with Crippen molar-refractivity contribution in [2.75, 3.05) is 13.2 Å². The van der Waals surface area contributed by atoms with Crippen molar-refractivity contribution in [3.05, 3.63) is 88.2 Å². The average molecular weight is 412 g/mol. The Hall–Kier alpha value is -3.05. The predicted molar refractivity (Wildman–Crippen MR) is 112 cm³/mol. The second-order valence-electron chi connectivity index (χ2n) is 6.68. The summed E-state index contributed by atoms with van der Waals surface area (Å²) in [6, 6.07) is 18.5. The molecule has 0 bridgehead atoms. The lowest BCUT2D eigenvalue weighted by atomic mass is 10.1. The van der Waals surface area contributed by atoms with Crippen molar-refractivity contribution in [3.8, 4) is 5.75 Å². The number of benzene rings is 2. The summed E-state index contributed by atoms with van der Waals surface area (Å²) in [5.41, 5.74) is 3.54. The number of carbonyl (C=O) groups is 2. The number of carbonyl (C=O) groups excluding carboxylic acids is 2. The molecule has 2 aromatic carbocycles. The molecule has 29 heavy (non-hydrogen) atoms. The smallest absolute Gasteiger partial charge is 0.344 e. The molecule has 1 heterocycles. The first-order valence-electron chi connectivity index (χ1n) is 9.22. The van der Waals surface area contributed by atoms with Crippen LogP contribution in [0.3, 0.4) is 0 Å². The largest absolute Gasteiger partial charge is 0.482 e. The summed E-state index contributed by atoms with van der Waals surface area (Å²) >= 11 is 5.80. The van der Waals surface area contributed by atoms with Crippen LogP contribution in [0.1, 0.15) is 27.3 Å². The maximum absolute atomic E-state index is 12.6. The zero-order chi connectivity index (χ0) is 20.8. The van der Waals surface area contributed by atoms with Crippen LogP contribution in [0.5, 0.6) is 5.75 Å². The Balaban J connectivity index is 1.55. The van der Waals surface area contributed by atoms with E-state index in [0.717, 1.165) is 17.0 Å². The summed E-state index contributed by atoms with van der Waals surface area (Å²) in [6.45, 7) is 3.94. The molecule has 3 rings (SSSR count). The van der Waals surface area contributed by atoms with Gasteiger partial charge < -0.3 is 14.0 Å². The first-order valence-corrected chi connectivity index (χ1v) is 9.59. The SMILES string of the molecule is Cc1cc(C(=O)COC(=O)COc2ccc(Cl)cc2)c(C)n1Cc1ccccc1. The summed E-state index contributed by atoms with van der Waals surface area (Å²) in [5, 5.41) is 0.579. The van der Waals surface area contributed by atoms with Gasteiger partial charge in [0, 0.05) is 28.5 Å². The summed E-state index contributed by atoms with van der Waals surface area (Å²) in [5.74, 6) is -0.342. The minimum Gasteiger partial charge on any atom is -0.482 e. The zero-order valence-corrected chi connectivity index (χ0v) is 17.1. The summed E-state index contributed by atoms with van der Waals surface area (Å²) in [7, 11) is 0. The Labute approximate surface area is 174 Å². The van der Waals surface area contributed by atoms with Crippen LogP contribution in [0.25, 0.3) is 0 Å². The minimum absolute atomic E-state index is 0.239. The van der Waals surface area contributed by atoms with Gasteiger partial charge in [-0.1, -0.05) is 41.9 Å². The van der Waals surface area contributed by atoms with E-state index >= 15 is 0 Å². The molecule has 0 fully saturated rings. The maximum Gasteiger partial charge on any atom is 0.344 e. The summed E-state index contributed by atoms with van der Waals surface area (Å²) < 4.78 is 12.5. The van der Waals surface area contributed by atoms with E-state index in [1.54, 1.807) is 24.3 Å². The number of aromatic nitrogens is 1. The summed E-state index contributed by atoms with van der Waals surface area (Å²) in [6.07, 6.45) is 0. The van der Waals surface area contributed by atoms with E-state index in [1.807, 2.05) is 50.2 Å². The van der Waals surface area contributed by atoms with Crippen LogP contribution >= 0.6 is 11.6 Å². The fraction of sp³-hybridized carbons (Fsp3) is 0.217. The fourth-order valence-corrected chi connectivity index (χ4v) is 3.16. The highest BCUT2D eigenvalue weighted by Crippen LogP contribution is 2.18. The van der Waals surface area contributed by atoms with Crippen molar-refractivity contribution >= 4 is 23.4 Å². The van der Waals surface area contributed by atoms with Crippen molar-refractivity contribution in [1.82, 2.24) is 4.57 Å². The van der Waals surface area contributed by atoms with Gasteiger partial charge in [0.25, 0.3) is 0 Å². The molecule has 0 unspecified atom stereocenters. The molecule has 3 aromatic rings. The van der Waals surface area contributed by atoms with Crippen LogP contribution in [0, 0.1) is 13.8 Å². The molecule has 0 saturated carbocycles. The van der Waals surface area contributed by atoms with E-state index in [-0.39, 0.29) is 19.0 Å². The number of hydrogen-bond donors (Lipinski definition) is 0. The second kappa shape index (κ2) is 9.43. The molecule has 0 aliphatic heterocycles. The highest BCUT2D eigenvalue weighted by molar-refractivity contribution is 6.30. The molecule has 6 heteroatoms. The fourth-order valence-electron chi connectivity index (χ4n) is 3.03. The van der Waals surface area contributed by atoms with Gasteiger partial charge >= 0.3 is 5.97 Å². The van der Waals surface area contributed by atoms with Gasteiger partial charge in [0.15, 0.2) is 13.2 Å². The van der Waals surface area contributed by atoms with E-state index in [4.69, 9.17) is 21.1 Å². The average Bonchev–Trinajstić information content (AvgIpc) is 3.00. The monoisotopic (exact) mass is 411 g/mol. The number of ether oxygens (including phenoxy) is 2. The van der Waals surface area contributed by atoms with Crippen LogP contribution in [-0.2, 0) is 16.1 Å². The lowest BCUT2D eigenvalue weighted by Crippen LogP contribution is -2.20. The van der Waals surface area contributed by atoms with Crippen molar-refractivity contribution in [3.63, 3.8) is 0 Å². The van der Waals surface area contributed by atoms with Crippen LogP contribution in [0.4, 0.5) is 0 Å². The number of hydrogen-bond acceptors (Lipinski definition) is 4.